The summed E-state index contributed by atoms with van der Waals surface area (Å²) in [6.07, 6.45) is 5.73. The van der Waals surface area contributed by atoms with Gasteiger partial charge >= 0.3 is 0 Å². The Balaban J connectivity index is 1.71. The number of piperidine rings is 1. The fourth-order valence-electron chi connectivity index (χ4n) is 3.39. The molecule has 98 valence electrons. The second-order valence-electron chi connectivity index (χ2n) is 6.26. The van der Waals surface area contributed by atoms with E-state index >= 15 is 0 Å². The highest BCUT2D eigenvalue weighted by molar-refractivity contribution is 5.81. The van der Waals surface area contributed by atoms with Crippen molar-refractivity contribution in [3.8, 4) is 0 Å². The van der Waals surface area contributed by atoms with Gasteiger partial charge in [0.05, 0.1) is 0 Å². The standard InChI is InChI=1S/C15H27NO/c1-4-15(17)13-9-14(10-13)16-7-5-12(6-8-16)11(2)3/h11-14H,4-10H2,1-3H3. The first kappa shape index (κ1) is 13.1. The minimum atomic E-state index is 0.396. The molecule has 0 radical (unpaired) electrons. The van der Waals surface area contributed by atoms with Crippen LogP contribution in [0, 0.1) is 17.8 Å². The van der Waals surface area contributed by atoms with Crippen molar-refractivity contribution in [1.82, 2.24) is 4.90 Å². The summed E-state index contributed by atoms with van der Waals surface area (Å²) in [5.74, 6) is 2.65. The van der Waals surface area contributed by atoms with Gasteiger partial charge in [-0.05, 0) is 50.6 Å². The predicted molar refractivity (Wildman–Crippen MR) is 70.9 cm³/mol. The van der Waals surface area contributed by atoms with Crippen LogP contribution in [-0.2, 0) is 4.79 Å². The second-order valence-corrected chi connectivity index (χ2v) is 6.26. The van der Waals surface area contributed by atoms with Crippen molar-refractivity contribution in [3.63, 3.8) is 0 Å². The van der Waals surface area contributed by atoms with E-state index in [9.17, 15) is 4.79 Å². The maximum absolute atomic E-state index is 11.5. The lowest BCUT2D eigenvalue weighted by molar-refractivity contribution is -0.127. The number of hydrogen-bond acceptors (Lipinski definition) is 2. The Morgan fingerprint density at radius 2 is 1.82 bits per heavy atom. The lowest BCUT2D eigenvalue weighted by atomic mass is 9.75. The summed E-state index contributed by atoms with van der Waals surface area (Å²) in [6, 6.07) is 0.726. The molecule has 0 N–H and O–H groups in total. The van der Waals surface area contributed by atoms with Crippen molar-refractivity contribution in [2.24, 2.45) is 17.8 Å². The summed E-state index contributed by atoms with van der Waals surface area (Å²) in [5, 5.41) is 0. The van der Waals surface area contributed by atoms with Gasteiger partial charge in [-0.2, -0.15) is 0 Å². The Morgan fingerprint density at radius 3 is 2.29 bits per heavy atom. The van der Waals surface area contributed by atoms with Gasteiger partial charge < -0.3 is 4.90 Å². The minimum Gasteiger partial charge on any atom is -0.300 e. The molecule has 0 aromatic heterocycles. The lowest BCUT2D eigenvalue weighted by Gasteiger charge is -2.45. The normalized spacial score (nSPS) is 31.5. The Hall–Kier alpha value is -0.370. The molecule has 2 aliphatic rings. The zero-order chi connectivity index (χ0) is 12.4. The number of carbonyl (C=O) groups is 1. The number of nitrogens with zero attached hydrogens (tertiary/aromatic N) is 1. The van der Waals surface area contributed by atoms with E-state index in [-0.39, 0.29) is 0 Å². The molecule has 1 saturated carbocycles. The quantitative estimate of drug-likeness (QED) is 0.749. The third-order valence-corrected chi connectivity index (χ3v) is 4.95. The van der Waals surface area contributed by atoms with Crippen LogP contribution in [0.4, 0.5) is 0 Å². The fourth-order valence-corrected chi connectivity index (χ4v) is 3.39. The SMILES string of the molecule is CCC(=O)C1CC(N2CCC(C(C)C)CC2)C1. The summed E-state index contributed by atoms with van der Waals surface area (Å²) in [4.78, 5) is 14.2. The molecule has 0 atom stereocenters. The van der Waals surface area contributed by atoms with Crippen LogP contribution in [0.1, 0.15) is 52.9 Å². The van der Waals surface area contributed by atoms with Crippen molar-refractivity contribution in [1.29, 1.82) is 0 Å². The molecular weight excluding hydrogens is 210 g/mol. The molecule has 1 heterocycles. The average molecular weight is 237 g/mol. The van der Waals surface area contributed by atoms with Gasteiger partial charge in [-0.25, -0.2) is 0 Å². The summed E-state index contributed by atoms with van der Waals surface area (Å²) in [7, 11) is 0. The first-order valence-corrected chi connectivity index (χ1v) is 7.38. The van der Waals surface area contributed by atoms with E-state index in [2.05, 4.69) is 18.7 Å². The van der Waals surface area contributed by atoms with E-state index in [1.54, 1.807) is 0 Å². The van der Waals surface area contributed by atoms with Gasteiger partial charge in [0.2, 0.25) is 0 Å². The molecule has 0 unspecified atom stereocenters. The molecule has 0 amide bonds. The maximum Gasteiger partial charge on any atom is 0.135 e. The zero-order valence-electron chi connectivity index (χ0n) is 11.6. The van der Waals surface area contributed by atoms with Gasteiger partial charge in [0.1, 0.15) is 5.78 Å². The highest BCUT2D eigenvalue weighted by Gasteiger charge is 2.38. The van der Waals surface area contributed by atoms with E-state index in [1.165, 1.54) is 25.9 Å². The van der Waals surface area contributed by atoms with Crippen LogP contribution in [0.3, 0.4) is 0 Å². The molecule has 2 heteroatoms. The van der Waals surface area contributed by atoms with Crippen LogP contribution in [0.2, 0.25) is 0 Å². The van der Waals surface area contributed by atoms with Crippen LogP contribution in [0.5, 0.6) is 0 Å². The van der Waals surface area contributed by atoms with Crippen LogP contribution in [0.25, 0.3) is 0 Å². The molecule has 0 bridgehead atoms. The van der Waals surface area contributed by atoms with Crippen molar-refractivity contribution < 1.29 is 4.79 Å². The van der Waals surface area contributed by atoms with Crippen molar-refractivity contribution in [2.45, 2.75) is 58.9 Å². The number of likely N-dealkylation sites (tertiary alicyclic amines) is 1. The first-order chi connectivity index (χ1) is 8.11. The Labute approximate surface area is 106 Å². The van der Waals surface area contributed by atoms with Gasteiger partial charge in [-0.1, -0.05) is 20.8 Å². The van der Waals surface area contributed by atoms with Gasteiger partial charge in [0.15, 0.2) is 0 Å². The Kier molecular flexibility index (Phi) is 4.24. The average Bonchev–Trinajstić information content (AvgIpc) is 2.27. The van der Waals surface area contributed by atoms with Gasteiger partial charge in [0, 0.05) is 18.4 Å². The van der Waals surface area contributed by atoms with Crippen molar-refractivity contribution in [3.05, 3.63) is 0 Å². The summed E-state index contributed by atoms with van der Waals surface area (Å²) < 4.78 is 0. The molecule has 0 aromatic rings. The third-order valence-electron chi connectivity index (χ3n) is 4.95. The summed E-state index contributed by atoms with van der Waals surface area (Å²) >= 11 is 0. The molecule has 2 fully saturated rings. The van der Waals surface area contributed by atoms with Crippen LogP contribution < -0.4 is 0 Å². The zero-order valence-corrected chi connectivity index (χ0v) is 11.6. The maximum atomic E-state index is 11.5. The molecule has 17 heavy (non-hydrogen) atoms. The van der Waals surface area contributed by atoms with E-state index in [4.69, 9.17) is 0 Å². The molecule has 0 aromatic carbocycles. The molecule has 2 rings (SSSR count). The van der Waals surface area contributed by atoms with E-state index in [1.807, 2.05) is 6.92 Å². The number of rotatable bonds is 4. The van der Waals surface area contributed by atoms with Crippen LogP contribution in [-0.4, -0.2) is 29.8 Å². The van der Waals surface area contributed by atoms with Crippen LogP contribution >= 0.6 is 0 Å². The highest BCUT2D eigenvalue weighted by Crippen LogP contribution is 2.36. The molecule has 1 aliphatic heterocycles. The number of Topliss-reactive ketones (excluding diaryl/α,β-unsaturated/α-hetero) is 1. The predicted octanol–water partition coefficient (Wildman–Crippen LogP) is 3.11. The van der Waals surface area contributed by atoms with E-state index < -0.39 is 0 Å². The Morgan fingerprint density at radius 1 is 1.24 bits per heavy atom. The van der Waals surface area contributed by atoms with Crippen molar-refractivity contribution in [2.75, 3.05) is 13.1 Å². The van der Waals surface area contributed by atoms with E-state index in [0.717, 1.165) is 37.1 Å². The van der Waals surface area contributed by atoms with Crippen molar-refractivity contribution >= 4 is 5.78 Å². The fraction of sp³-hybridized carbons (Fsp3) is 0.933. The third kappa shape index (κ3) is 2.90. The summed E-state index contributed by atoms with van der Waals surface area (Å²) in [5.41, 5.74) is 0. The largest absolute Gasteiger partial charge is 0.300 e. The number of carbonyl (C=O) groups excluding carboxylic acids is 1. The van der Waals surface area contributed by atoms with Gasteiger partial charge in [0.25, 0.3) is 0 Å². The highest BCUT2D eigenvalue weighted by atomic mass is 16.1. The number of ketones is 1. The van der Waals surface area contributed by atoms with E-state index in [0.29, 0.717) is 11.7 Å². The summed E-state index contributed by atoms with van der Waals surface area (Å²) in [6.45, 7) is 9.21. The monoisotopic (exact) mass is 237 g/mol. The second kappa shape index (κ2) is 5.51. The first-order valence-electron chi connectivity index (χ1n) is 7.38. The van der Waals surface area contributed by atoms with Crippen LogP contribution in [0.15, 0.2) is 0 Å². The molecular formula is C15H27NO. The number of hydrogen-bond donors (Lipinski definition) is 0. The van der Waals surface area contributed by atoms with Gasteiger partial charge in [-0.3, -0.25) is 4.79 Å². The lowest BCUT2D eigenvalue weighted by Crippen LogP contribution is -2.50. The topological polar surface area (TPSA) is 20.3 Å². The van der Waals surface area contributed by atoms with Gasteiger partial charge in [-0.15, -0.1) is 0 Å². The molecule has 1 aliphatic carbocycles. The minimum absolute atomic E-state index is 0.396. The molecule has 1 saturated heterocycles. The molecule has 2 nitrogen and oxygen atoms in total. The Bertz CT molecular complexity index is 260. The molecule has 0 spiro atoms. The smallest absolute Gasteiger partial charge is 0.135 e.